The Morgan fingerprint density at radius 3 is 2.38 bits per heavy atom. The number of guanidine groups is 1. The molecule has 0 aliphatic rings. The first kappa shape index (κ1) is 17.5. The summed E-state index contributed by atoms with van der Waals surface area (Å²) in [6.45, 7) is 6.88. The van der Waals surface area contributed by atoms with Crippen LogP contribution in [0.2, 0.25) is 0 Å². The molecule has 1 rings (SSSR count). The monoisotopic (exact) mass is 293 g/mol. The summed E-state index contributed by atoms with van der Waals surface area (Å²) in [6.07, 6.45) is 0. The van der Waals surface area contributed by atoms with Crippen LogP contribution < -0.4 is 10.6 Å². The maximum Gasteiger partial charge on any atom is 0.191 e. The van der Waals surface area contributed by atoms with Gasteiger partial charge in [0.25, 0.3) is 0 Å². The third kappa shape index (κ3) is 7.11. The Balaban J connectivity index is 2.59. The molecule has 0 amide bonds. The van der Waals surface area contributed by atoms with Gasteiger partial charge >= 0.3 is 0 Å². The molecule has 0 radical (unpaired) electrons. The first-order chi connectivity index (χ1) is 10.2. The third-order valence-electron chi connectivity index (χ3n) is 2.90. The summed E-state index contributed by atoms with van der Waals surface area (Å²) in [6, 6.07) is 8.53. The van der Waals surface area contributed by atoms with Crippen molar-refractivity contribution in [3.05, 3.63) is 35.4 Å². The number of rotatable bonds is 8. The summed E-state index contributed by atoms with van der Waals surface area (Å²) < 4.78 is 10.2. The van der Waals surface area contributed by atoms with Gasteiger partial charge in [-0.3, -0.25) is 0 Å². The van der Waals surface area contributed by atoms with E-state index in [-0.39, 0.29) is 6.04 Å². The highest BCUT2D eigenvalue weighted by Gasteiger charge is 2.04. The summed E-state index contributed by atoms with van der Waals surface area (Å²) in [5.74, 6) is 0.808. The molecule has 5 heteroatoms. The van der Waals surface area contributed by atoms with E-state index in [1.165, 1.54) is 11.1 Å². The molecule has 21 heavy (non-hydrogen) atoms. The molecule has 0 saturated heterocycles. The highest BCUT2D eigenvalue weighted by Crippen LogP contribution is 2.06. The molecule has 2 N–H and O–H groups in total. The Bertz CT molecular complexity index is 418. The van der Waals surface area contributed by atoms with Crippen molar-refractivity contribution < 1.29 is 9.47 Å². The van der Waals surface area contributed by atoms with Gasteiger partial charge in [-0.1, -0.05) is 24.3 Å². The third-order valence-corrected chi connectivity index (χ3v) is 2.90. The normalized spacial score (nSPS) is 13.0. The maximum absolute atomic E-state index is 5.12. The van der Waals surface area contributed by atoms with E-state index in [0.29, 0.717) is 19.8 Å². The van der Waals surface area contributed by atoms with Crippen LogP contribution in [0, 0.1) is 0 Å². The second-order valence-electron chi connectivity index (χ2n) is 4.95. The van der Waals surface area contributed by atoms with E-state index in [4.69, 9.17) is 9.47 Å². The van der Waals surface area contributed by atoms with E-state index in [1.54, 1.807) is 14.2 Å². The van der Waals surface area contributed by atoms with E-state index in [2.05, 4.69) is 53.7 Å². The topological polar surface area (TPSA) is 54.9 Å². The lowest BCUT2D eigenvalue weighted by molar-refractivity contribution is 0.179. The minimum absolute atomic E-state index is 0.219. The first-order valence-corrected chi connectivity index (χ1v) is 7.30. The molecule has 0 aliphatic heterocycles. The molecular weight excluding hydrogens is 266 g/mol. The van der Waals surface area contributed by atoms with Gasteiger partial charge in [-0.15, -0.1) is 0 Å². The predicted octanol–water partition coefficient (Wildman–Crippen LogP) is 1.92. The van der Waals surface area contributed by atoms with Gasteiger partial charge in [0, 0.05) is 26.8 Å². The Kier molecular flexibility index (Phi) is 8.47. The number of hydrogen-bond donors (Lipinski definition) is 2. The Morgan fingerprint density at radius 2 is 1.81 bits per heavy atom. The molecule has 1 aromatic carbocycles. The number of nitrogens with zero attached hydrogens (tertiary/aromatic N) is 1. The zero-order valence-electron chi connectivity index (χ0n) is 13.5. The van der Waals surface area contributed by atoms with Crippen molar-refractivity contribution in [2.24, 2.45) is 4.99 Å². The number of benzene rings is 1. The lowest BCUT2D eigenvalue weighted by Gasteiger charge is -2.17. The molecule has 118 valence electrons. The molecule has 0 heterocycles. The number of aliphatic imine (C=N–C) groups is 1. The van der Waals surface area contributed by atoms with Crippen molar-refractivity contribution >= 4 is 5.96 Å². The Hall–Kier alpha value is -1.59. The largest absolute Gasteiger partial charge is 0.383 e. The summed E-state index contributed by atoms with van der Waals surface area (Å²) in [7, 11) is 3.40. The van der Waals surface area contributed by atoms with Gasteiger partial charge in [-0.05, 0) is 25.0 Å². The van der Waals surface area contributed by atoms with Gasteiger partial charge in [-0.25, -0.2) is 4.99 Å². The molecule has 1 atom stereocenters. The molecule has 1 aromatic rings. The SMILES string of the molecule is CCNC(=NCc1ccc(COC)cc1)NC(C)COC. The van der Waals surface area contributed by atoms with Crippen LogP contribution in [0.4, 0.5) is 0 Å². The Labute approximate surface area is 127 Å². The second kappa shape index (κ2) is 10.2. The standard InChI is InChI=1S/C16H27N3O2/c1-5-17-16(19-13(2)11-20-3)18-10-14-6-8-15(9-7-14)12-21-4/h6-9,13H,5,10-12H2,1-4H3,(H2,17,18,19). The van der Waals surface area contributed by atoms with Crippen molar-refractivity contribution in [3.63, 3.8) is 0 Å². The molecular formula is C16H27N3O2. The molecule has 0 bridgehead atoms. The van der Waals surface area contributed by atoms with Crippen LogP contribution in [0.5, 0.6) is 0 Å². The predicted molar refractivity (Wildman–Crippen MR) is 86.4 cm³/mol. The fourth-order valence-corrected chi connectivity index (χ4v) is 1.92. The van der Waals surface area contributed by atoms with Crippen LogP contribution in [0.25, 0.3) is 0 Å². The van der Waals surface area contributed by atoms with E-state index in [1.807, 2.05) is 0 Å². The van der Waals surface area contributed by atoms with Crippen molar-refractivity contribution in [1.82, 2.24) is 10.6 Å². The van der Waals surface area contributed by atoms with Crippen LogP contribution in [0.1, 0.15) is 25.0 Å². The van der Waals surface area contributed by atoms with Crippen molar-refractivity contribution in [3.8, 4) is 0 Å². The lowest BCUT2D eigenvalue weighted by Crippen LogP contribution is -2.43. The smallest absolute Gasteiger partial charge is 0.191 e. The zero-order valence-corrected chi connectivity index (χ0v) is 13.5. The summed E-state index contributed by atoms with van der Waals surface area (Å²) >= 11 is 0. The summed E-state index contributed by atoms with van der Waals surface area (Å²) in [5, 5.41) is 6.55. The maximum atomic E-state index is 5.12. The van der Waals surface area contributed by atoms with Gasteiger partial charge in [-0.2, -0.15) is 0 Å². The molecule has 1 unspecified atom stereocenters. The van der Waals surface area contributed by atoms with Gasteiger partial charge < -0.3 is 20.1 Å². The average molecular weight is 293 g/mol. The van der Waals surface area contributed by atoms with Crippen LogP contribution in [0.3, 0.4) is 0 Å². The molecule has 0 fully saturated rings. The van der Waals surface area contributed by atoms with Crippen LogP contribution in [0.15, 0.2) is 29.3 Å². The minimum Gasteiger partial charge on any atom is -0.383 e. The van der Waals surface area contributed by atoms with E-state index < -0.39 is 0 Å². The summed E-state index contributed by atoms with van der Waals surface area (Å²) in [4.78, 5) is 4.59. The molecule has 0 saturated carbocycles. The fourth-order valence-electron chi connectivity index (χ4n) is 1.92. The average Bonchev–Trinajstić information content (AvgIpc) is 2.47. The van der Waals surface area contributed by atoms with Gasteiger partial charge in [0.05, 0.1) is 19.8 Å². The number of nitrogens with one attached hydrogen (secondary N) is 2. The molecule has 0 aromatic heterocycles. The molecule has 5 nitrogen and oxygen atoms in total. The first-order valence-electron chi connectivity index (χ1n) is 7.30. The van der Waals surface area contributed by atoms with Gasteiger partial charge in [0.2, 0.25) is 0 Å². The number of hydrogen-bond acceptors (Lipinski definition) is 3. The van der Waals surface area contributed by atoms with E-state index in [0.717, 1.165) is 12.5 Å². The quantitative estimate of drug-likeness (QED) is 0.568. The fraction of sp³-hybridized carbons (Fsp3) is 0.562. The van der Waals surface area contributed by atoms with Crippen molar-refractivity contribution in [1.29, 1.82) is 0 Å². The zero-order chi connectivity index (χ0) is 15.5. The second-order valence-corrected chi connectivity index (χ2v) is 4.95. The lowest BCUT2D eigenvalue weighted by atomic mass is 10.1. The van der Waals surface area contributed by atoms with E-state index in [9.17, 15) is 0 Å². The van der Waals surface area contributed by atoms with Crippen molar-refractivity contribution in [2.45, 2.75) is 33.0 Å². The molecule has 0 spiro atoms. The molecule has 0 aliphatic carbocycles. The van der Waals surface area contributed by atoms with Crippen molar-refractivity contribution in [2.75, 3.05) is 27.4 Å². The number of methoxy groups -OCH3 is 2. The van der Waals surface area contributed by atoms with Gasteiger partial charge in [0.1, 0.15) is 0 Å². The Morgan fingerprint density at radius 1 is 1.14 bits per heavy atom. The van der Waals surface area contributed by atoms with E-state index >= 15 is 0 Å². The summed E-state index contributed by atoms with van der Waals surface area (Å²) in [5.41, 5.74) is 2.34. The highest BCUT2D eigenvalue weighted by molar-refractivity contribution is 5.80. The van der Waals surface area contributed by atoms with Gasteiger partial charge in [0.15, 0.2) is 5.96 Å². The van der Waals surface area contributed by atoms with Crippen LogP contribution in [-0.2, 0) is 22.6 Å². The number of ether oxygens (including phenoxy) is 2. The minimum atomic E-state index is 0.219. The van der Waals surface area contributed by atoms with Crippen LogP contribution in [-0.4, -0.2) is 39.4 Å². The highest BCUT2D eigenvalue weighted by atomic mass is 16.5. The van der Waals surface area contributed by atoms with Crippen LogP contribution >= 0.6 is 0 Å².